The Balaban J connectivity index is 1.65. The SMILES string of the molecule is CN=CNc1ccc(CC(N)C(=O)N(Cc2ccc(OC)cc2)C(=O)C(c2ccccc2)c2ccccc2)cc1. The Labute approximate surface area is 235 Å². The summed E-state index contributed by atoms with van der Waals surface area (Å²) in [5.41, 5.74) is 10.6. The fourth-order valence-corrected chi connectivity index (χ4v) is 4.52. The van der Waals surface area contributed by atoms with E-state index in [0.717, 1.165) is 27.9 Å². The largest absolute Gasteiger partial charge is 0.497 e. The highest BCUT2D eigenvalue weighted by molar-refractivity contribution is 6.02. The van der Waals surface area contributed by atoms with E-state index in [1.54, 1.807) is 20.5 Å². The average Bonchev–Trinajstić information content (AvgIpc) is 3.00. The van der Waals surface area contributed by atoms with Crippen molar-refractivity contribution in [1.29, 1.82) is 0 Å². The number of anilines is 1. The van der Waals surface area contributed by atoms with Gasteiger partial charge in [-0.2, -0.15) is 0 Å². The summed E-state index contributed by atoms with van der Waals surface area (Å²) in [4.78, 5) is 33.5. The van der Waals surface area contributed by atoms with Crippen LogP contribution in [0.3, 0.4) is 0 Å². The van der Waals surface area contributed by atoms with Gasteiger partial charge in [0.25, 0.3) is 0 Å². The van der Waals surface area contributed by atoms with Crippen LogP contribution in [-0.4, -0.2) is 43.3 Å². The first kappa shape index (κ1) is 28.3. The number of carbonyl (C=O) groups excluding carboxylic acids is 2. The van der Waals surface area contributed by atoms with Gasteiger partial charge in [-0.15, -0.1) is 0 Å². The van der Waals surface area contributed by atoms with Crippen molar-refractivity contribution in [2.45, 2.75) is 24.9 Å². The number of benzene rings is 4. The van der Waals surface area contributed by atoms with Crippen LogP contribution in [0, 0.1) is 0 Å². The molecule has 4 aromatic rings. The van der Waals surface area contributed by atoms with E-state index in [4.69, 9.17) is 10.5 Å². The molecule has 4 aromatic carbocycles. The van der Waals surface area contributed by atoms with Crippen molar-refractivity contribution in [2.24, 2.45) is 10.7 Å². The summed E-state index contributed by atoms with van der Waals surface area (Å²) in [5.74, 6) is -0.730. The van der Waals surface area contributed by atoms with Gasteiger partial charge in [-0.1, -0.05) is 84.9 Å². The van der Waals surface area contributed by atoms with E-state index in [9.17, 15) is 9.59 Å². The molecule has 0 bridgehead atoms. The molecule has 204 valence electrons. The zero-order valence-electron chi connectivity index (χ0n) is 22.7. The molecule has 0 aliphatic rings. The van der Waals surface area contributed by atoms with Crippen LogP contribution in [0.1, 0.15) is 28.2 Å². The van der Waals surface area contributed by atoms with Crippen LogP contribution in [0.2, 0.25) is 0 Å². The molecule has 0 fully saturated rings. The molecule has 1 atom stereocenters. The summed E-state index contributed by atoms with van der Waals surface area (Å²) in [6.45, 7) is 0.0880. The second-order valence-corrected chi connectivity index (χ2v) is 9.40. The van der Waals surface area contributed by atoms with Crippen molar-refractivity contribution in [1.82, 2.24) is 4.90 Å². The lowest BCUT2D eigenvalue weighted by molar-refractivity contribution is -0.146. The number of carbonyl (C=O) groups is 2. The minimum absolute atomic E-state index is 0.0880. The van der Waals surface area contributed by atoms with E-state index < -0.39 is 17.9 Å². The molecule has 3 N–H and O–H groups in total. The number of methoxy groups -OCH3 is 1. The minimum atomic E-state index is -0.912. The summed E-state index contributed by atoms with van der Waals surface area (Å²) in [6, 6.07) is 33.0. The third-order valence-corrected chi connectivity index (χ3v) is 6.63. The molecule has 1 unspecified atom stereocenters. The Hall–Kier alpha value is -4.75. The summed E-state index contributed by atoms with van der Waals surface area (Å²) < 4.78 is 5.28. The lowest BCUT2D eigenvalue weighted by atomic mass is 9.89. The molecule has 0 saturated heterocycles. The van der Waals surface area contributed by atoms with Crippen molar-refractivity contribution in [3.05, 3.63) is 131 Å². The fourth-order valence-electron chi connectivity index (χ4n) is 4.52. The Morgan fingerprint density at radius 2 is 1.38 bits per heavy atom. The number of aliphatic imine (C=N–C) groups is 1. The zero-order valence-corrected chi connectivity index (χ0v) is 22.7. The molecule has 0 spiro atoms. The number of hydrogen-bond donors (Lipinski definition) is 2. The molecule has 0 saturated carbocycles. The predicted molar refractivity (Wildman–Crippen MR) is 159 cm³/mol. The van der Waals surface area contributed by atoms with Crippen LogP contribution in [0.15, 0.2) is 114 Å². The number of nitrogens with two attached hydrogens (primary N) is 1. The number of nitrogens with one attached hydrogen (secondary N) is 1. The highest BCUT2D eigenvalue weighted by atomic mass is 16.5. The lowest BCUT2D eigenvalue weighted by Crippen LogP contribution is -2.49. The van der Waals surface area contributed by atoms with Gasteiger partial charge in [-0.05, 0) is 52.9 Å². The van der Waals surface area contributed by atoms with E-state index in [1.165, 1.54) is 4.90 Å². The molecule has 40 heavy (non-hydrogen) atoms. The second kappa shape index (κ2) is 13.9. The minimum Gasteiger partial charge on any atom is -0.497 e. The second-order valence-electron chi connectivity index (χ2n) is 9.40. The van der Waals surface area contributed by atoms with Crippen LogP contribution in [0.4, 0.5) is 5.69 Å². The van der Waals surface area contributed by atoms with Crippen molar-refractivity contribution < 1.29 is 14.3 Å². The van der Waals surface area contributed by atoms with Crippen molar-refractivity contribution in [3.63, 3.8) is 0 Å². The molecule has 0 aliphatic heterocycles. The van der Waals surface area contributed by atoms with Gasteiger partial charge in [0.2, 0.25) is 11.8 Å². The molecule has 7 heteroatoms. The maximum Gasteiger partial charge on any atom is 0.246 e. The molecule has 7 nitrogen and oxygen atoms in total. The van der Waals surface area contributed by atoms with E-state index >= 15 is 0 Å². The quantitative estimate of drug-likeness (QED) is 0.208. The van der Waals surface area contributed by atoms with Gasteiger partial charge in [-0.3, -0.25) is 19.5 Å². The number of imide groups is 1. The van der Waals surface area contributed by atoms with Gasteiger partial charge < -0.3 is 15.8 Å². The van der Waals surface area contributed by atoms with Crippen molar-refractivity contribution in [3.8, 4) is 5.75 Å². The van der Waals surface area contributed by atoms with Gasteiger partial charge in [0.1, 0.15) is 5.75 Å². The Morgan fingerprint density at radius 1 is 0.825 bits per heavy atom. The van der Waals surface area contributed by atoms with Gasteiger partial charge >= 0.3 is 0 Å². The number of rotatable bonds is 11. The summed E-state index contributed by atoms with van der Waals surface area (Å²) in [7, 11) is 3.28. The Morgan fingerprint density at radius 3 is 1.90 bits per heavy atom. The third kappa shape index (κ3) is 7.21. The molecular formula is C33H34N4O3. The summed E-state index contributed by atoms with van der Waals surface area (Å²) >= 11 is 0. The highest BCUT2D eigenvalue weighted by Crippen LogP contribution is 2.28. The van der Waals surface area contributed by atoms with Gasteiger partial charge in [-0.25, -0.2) is 0 Å². The van der Waals surface area contributed by atoms with E-state index in [1.807, 2.05) is 109 Å². The zero-order chi connectivity index (χ0) is 28.3. The van der Waals surface area contributed by atoms with E-state index in [0.29, 0.717) is 5.75 Å². The molecule has 0 aliphatic carbocycles. The third-order valence-electron chi connectivity index (χ3n) is 6.63. The van der Waals surface area contributed by atoms with Gasteiger partial charge in [0, 0.05) is 12.7 Å². The maximum absolute atomic E-state index is 14.3. The average molecular weight is 535 g/mol. The van der Waals surface area contributed by atoms with Gasteiger partial charge in [0.15, 0.2) is 0 Å². The summed E-state index contributed by atoms with van der Waals surface area (Å²) in [6.07, 6.45) is 1.89. The first-order chi connectivity index (χ1) is 19.5. The number of amides is 2. The Kier molecular flexibility index (Phi) is 9.80. The first-order valence-corrected chi connectivity index (χ1v) is 13.1. The normalized spacial score (nSPS) is 11.8. The molecule has 2 amide bonds. The molecule has 0 heterocycles. The number of ether oxygens (including phenoxy) is 1. The van der Waals surface area contributed by atoms with Crippen LogP contribution in [0.5, 0.6) is 5.75 Å². The van der Waals surface area contributed by atoms with Crippen molar-refractivity contribution in [2.75, 3.05) is 19.5 Å². The van der Waals surface area contributed by atoms with Crippen LogP contribution in [0.25, 0.3) is 0 Å². The molecule has 0 aromatic heterocycles. The monoisotopic (exact) mass is 534 g/mol. The highest BCUT2D eigenvalue weighted by Gasteiger charge is 2.33. The van der Waals surface area contributed by atoms with Crippen molar-refractivity contribution >= 4 is 23.8 Å². The number of hydrogen-bond acceptors (Lipinski definition) is 5. The topological polar surface area (TPSA) is 97.0 Å². The summed E-state index contributed by atoms with van der Waals surface area (Å²) in [5, 5.41) is 3.06. The van der Waals surface area contributed by atoms with Gasteiger partial charge in [0.05, 0.1) is 32.0 Å². The predicted octanol–water partition coefficient (Wildman–Crippen LogP) is 5.02. The first-order valence-electron chi connectivity index (χ1n) is 13.1. The van der Waals surface area contributed by atoms with E-state index in [2.05, 4.69) is 10.3 Å². The lowest BCUT2D eigenvalue weighted by Gasteiger charge is -2.29. The van der Waals surface area contributed by atoms with Crippen LogP contribution < -0.4 is 15.8 Å². The molecule has 4 rings (SSSR count). The molecule has 0 radical (unpaired) electrons. The smallest absolute Gasteiger partial charge is 0.246 e. The number of nitrogens with zero attached hydrogens (tertiary/aromatic N) is 2. The molecular weight excluding hydrogens is 500 g/mol. The van der Waals surface area contributed by atoms with Crippen LogP contribution >= 0.6 is 0 Å². The van der Waals surface area contributed by atoms with Crippen LogP contribution in [-0.2, 0) is 22.6 Å². The fraction of sp³-hybridized carbons (Fsp3) is 0.182. The standard InChI is InChI=1S/C33H34N4O3/c1-35-23-36-28-17-13-24(14-18-28)21-30(34)32(38)37(22-25-15-19-29(40-2)20-16-25)33(39)31(26-9-5-3-6-10-26)27-11-7-4-8-12-27/h3-20,23,30-31H,21-22,34H2,1-2H3,(H,35,36). The van der Waals surface area contributed by atoms with E-state index in [-0.39, 0.29) is 18.9 Å². The maximum atomic E-state index is 14.3. The Bertz CT molecular complexity index is 1370.